The Morgan fingerprint density at radius 3 is 2.34 bits per heavy atom. The molecule has 0 aliphatic carbocycles. The van der Waals surface area contributed by atoms with E-state index in [1.54, 1.807) is 18.3 Å². The number of nitrogens with one attached hydrogen (secondary N) is 1. The Morgan fingerprint density at radius 1 is 1.12 bits per heavy atom. The molecule has 1 atom stereocenters. The SMILES string of the molecule is CC(Oc1ccccc1)C(=O)NCc1ccc(-c2csc(N)n2)s1.O=C(O)C=CC(=O)O. The summed E-state index contributed by atoms with van der Waals surface area (Å²) in [7, 11) is 0. The number of hydrogen-bond donors (Lipinski definition) is 4. The molecular formula is C21H21N3O6S2. The number of aromatic nitrogens is 1. The molecule has 1 aromatic carbocycles. The van der Waals surface area contributed by atoms with Gasteiger partial charge in [0.05, 0.1) is 17.1 Å². The van der Waals surface area contributed by atoms with Gasteiger partial charge in [-0.25, -0.2) is 14.6 Å². The van der Waals surface area contributed by atoms with Crippen molar-refractivity contribution < 1.29 is 29.3 Å². The number of para-hydroxylation sites is 1. The molecule has 0 spiro atoms. The first kappa shape index (κ1) is 24.6. The van der Waals surface area contributed by atoms with Crippen LogP contribution in [-0.4, -0.2) is 39.1 Å². The topological polar surface area (TPSA) is 152 Å². The number of rotatable bonds is 8. The predicted octanol–water partition coefficient (Wildman–Crippen LogP) is 3.25. The van der Waals surface area contributed by atoms with Crippen molar-refractivity contribution in [3.63, 3.8) is 0 Å². The summed E-state index contributed by atoms with van der Waals surface area (Å²) in [5, 5.41) is 21.0. The zero-order chi connectivity index (χ0) is 23.5. The Balaban J connectivity index is 0.000000390. The molecule has 9 nitrogen and oxygen atoms in total. The lowest BCUT2D eigenvalue weighted by Gasteiger charge is -2.14. The molecule has 3 aromatic rings. The van der Waals surface area contributed by atoms with E-state index in [4.69, 9.17) is 20.7 Å². The second-order valence-corrected chi connectivity index (χ2v) is 8.20. The number of aliphatic carboxylic acids is 2. The van der Waals surface area contributed by atoms with Crippen LogP contribution in [0.3, 0.4) is 0 Å². The van der Waals surface area contributed by atoms with E-state index in [-0.39, 0.29) is 5.91 Å². The molecule has 0 fully saturated rings. The van der Waals surface area contributed by atoms with Crippen LogP contribution in [0.2, 0.25) is 0 Å². The van der Waals surface area contributed by atoms with Gasteiger partial charge in [0.2, 0.25) is 0 Å². The highest BCUT2D eigenvalue weighted by Gasteiger charge is 2.15. The fourth-order valence-corrected chi connectivity index (χ4v) is 3.77. The average molecular weight is 476 g/mol. The molecule has 0 bridgehead atoms. The zero-order valence-electron chi connectivity index (χ0n) is 16.9. The molecule has 1 unspecified atom stereocenters. The molecule has 32 heavy (non-hydrogen) atoms. The molecule has 11 heteroatoms. The number of nitrogens with two attached hydrogens (primary N) is 1. The van der Waals surface area contributed by atoms with E-state index in [0.717, 1.165) is 15.4 Å². The number of nitrogens with zero attached hydrogens (tertiary/aromatic N) is 1. The molecule has 168 valence electrons. The minimum Gasteiger partial charge on any atom is -0.481 e. The third-order valence-corrected chi connectivity index (χ3v) is 5.45. The van der Waals surface area contributed by atoms with E-state index in [9.17, 15) is 14.4 Å². The Bertz CT molecular complexity index is 1060. The third-order valence-electron chi connectivity index (χ3n) is 3.67. The Morgan fingerprint density at radius 2 is 1.78 bits per heavy atom. The number of nitrogen functional groups attached to an aromatic ring is 1. The summed E-state index contributed by atoms with van der Waals surface area (Å²) >= 11 is 3.01. The van der Waals surface area contributed by atoms with Crippen LogP contribution < -0.4 is 15.8 Å². The van der Waals surface area contributed by atoms with Crippen molar-refractivity contribution >= 4 is 45.7 Å². The summed E-state index contributed by atoms with van der Waals surface area (Å²) in [4.78, 5) is 37.6. The average Bonchev–Trinajstić information content (AvgIpc) is 3.40. The van der Waals surface area contributed by atoms with Crippen LogP contribution in [0.15, 0.2) is 60.0 Å². The van der Waals surface area contributed by atoms with Gasteiger partial charge in [0.1, 0.15) is 5.75 Å². The Kier molecular flexibility index (Phi) is 9.39. The van der Waals surface area contributed by atoms with Gasteiger partial charge in [-0.05, 0) is 31.2 Å². The first-order chi connectivity index (χ1) is 15.2. The lowest BCUT2D eigenvalue weighted by molar-refractivity contribution is -0.134. The smallest absolute Gasteiger partial charge is 0.328 e. The summed E-state index contributed by atoms with van der Waals surface area (Å²) in [5.41, 5.74) is 6.53. The summed E-state index contributed by atoms with van der Waals surface area (Å²) in [5.74, 6) is -1.98. The van der Waals surface area contributed by atoms with E-state index >= 15 is 0 Å². The number of benzene rings is 1. The first-order valence-corrected chi connectivity index (χ1v) is 10.9. The maximum Gasteiger partial charge on any atom is 0.328 e. The standard InChI is InChI=1S/C17H17N3O2S2.C4H4O4/c1-11(22-12-5-3-2-4-6-12)16(21)19-9-13-7-8-15(24-13)14-10-23-17(18)20-14;5-3(6)1-2-4(7)8/h2-8,10-11H,9H2,1H3,(H2,18,20)(H,19,21);1-2H,(H,5,6)(H,7,8). The summed E-state index contributed by atoms with van der Waals surface area (Å²) < 4.78 is 5.61. The van der Waals surface area contributed by atoms with E-state index in [1.165, 1.54) is 11.3 Å². The minimum absolute atomic E-state index is 0.147. The number of anilines is 1. The van der Waals surface area contributed by atoms with Crippen LogP contribution in [0.5, 0.6) is 5.75 Å². The van der Waals surface area contributed by atoms with Crippen molar-refractivity contribution in [2.24, 2.45) is 0 Å². The number of hydrogen-bond acceptors (Lipinski definition) is 8. The van der Waals surface area contributed by atoms with E-state index in [2.05, 4.69) is 10.3 Å². The molecule has 3 rings (SSSR count). The minimum atomic E-state index is -1.26. The number of thiophene rings is 1. The third kappa shape index (κ3) is 8.58. The molecule has 0 radical (unpaired) electrons. The molecule has 2 aromatic heterocycles. The number of carbonyl (C=O) groups excluding carboxylic acids is 1. The van der Waals surface area contributed by atoms with E-state index in [0.29, 0.717) is 29.6 Å². The van der Waals surface area contributed by atoms with Crippen molar-refractivity contribution in [2.45, 2.75) is 19.6 Å². The van der Waals surface area contributed by atoms with Crippen molar-refractivity contribution in [3.05, 3.63) is 64.9 Å². The van der Waals surface area contributed by atoms with Crippen molar-refractivity contribution in [1.82, 2.24) is 10.3 Å². The van der Waals surface area contributed by atoms with Crippen molar-refractivity contribution in [1.29, 1.82) is 0 Å². The second kappa shape index (κ2) is 12.2. The molecule has 0 saturated heterocycles. The summed E-state index contributed by atoms with van der Waals surface area (Å²) in [6.07, 6.45) is 0.565. The molecule has 0 aliphatic heterocycles. The van der Waals surface area contributed by atoms with Crippen LogP contribution in [0, 0.1) is 0 Å². The van der Waals surface area contributed by atoms with Gasteiger partial charge in [-0.2, -0.15) is 0 Å². The quantitative estimate of drug-likeness (QED) is 0.362. The van der Waals surface area contributed by atoms with Gasteiger partial charge in [-0.1, -0.05) is 18.2 Å². The van der Waals surface area contributed by atoms with Gasteiger partial charge in [0, 0.05) is 22.4 Å². The molecule has 0 saturated carbocycles. The van der Waals surface area contributed by atoms with Crippen LogP contribution in [0.25, 0.3) is 10.6 Å². The first-order valence-electron chi connectivity index (χ1n) is 9.18. The number of thiazole rings is 1. The fourth-order valence-electron chi connectivity index (χ4n) is 2.23. The number of carboxylic acids is 2. The lowest BCUT2D eigenvalue weighted by Crippen LogP contribution is -2.35. The van der Waals surface area contributed by atoms with Crippen molar-refractivity contribution in [3.8, 4) is 16.3 Å². The molecule has 1 amide bonds. The molecule has 0 aliphatic rings. The predicted molar refractivity (Wildman–Crippen MR) is 123 cm³/mol. The maximum absolute atomic E-state index is 12.1. The van der Waals surface area contributed by atoms with Crippen LogP contribution >= 0.6 is 22.7 Å². The number of carboxylic acid groups (broad SMARTS) is 2. The van der Waals surface area contributed by atoms with Crippen LogP contribution in [0.1, 0.15) is 11.8 Å². The molecular weight excluding hydrogens is 454 g/mol. The van der Waals surface area contributed by atoms with Crippen LogP contribution in [-0.2, 0) is 20.9 Å². The fraction of sp³-hybridized carbons (Fsp3) is 0.143. The Hall–Kier alpha value is -3.70. The van der Waals surface area contributed by atoms with Gasteiger partial charge in [0.25, 0.3) is 5.91 Å². The highest BCUT2D eigenvalue weighted by atomic mass is 32.1. The van der Waals surface area contributed by atoms with Gasteiger partial charge in [0.15, 0.2) is 11.2 Å². The zero-order valence-corrected chi connectivity index (χ0v) is 18.6. The number of ether oxygens (including phenoxy) is 1. The normalized spacial score (nSPS) is 11.3. The molecule has 2 heterocycles. The highest BCUT2D eigenvalue weighted by Crippen LogP contribution is 2.29. The van der Waals surface area contributed by atoms with Gasteiger partial charge < -0.3 is 26.0 Å². The summed E-state index contributed by atoms with van der Waals surface area (Å²) in [6, 6.07) is 13.3. The van der Waals surface area contributed by atoms with E-state index in [1.807, 2.05) is 47.8 Å². The molecule has 5 N–H and O–H groups in total. The Labute approximate surface area is 191 Å². The van der Waals surface area contributed by atoms with Crippen LogP contribution in [0.4, 0.5) is 5.13 Å². The number of amides is 1. The lowest BCUT2D eigenvalue weighted by atomic mass is 10.3. The second-order valence-electron chi connectivity index (χ2n) is 6.14. The summed E-state index contributed by atoms with van der Waals surface area (Å²) in [6.45, 7) is 2.20. The monoisotopic (exact) mass is 475 g/mol. The van der Waals surface area contributed by atoms with Gasteiger partial charge in [-0.15, -0.1) is 22.7 Å². The van der Waals surface area contributed by atoms with E-state index < -0.39 is 18.0 Å². The van der Waals surface area contributed by atoms with Gasteiger partial charge in [-0.3, -0.25) is 4.79 Å². The largest absolute Gasteiger partial charge is 0.481 e. The van der Waals surface area contributed by atoms with Gasteiger partial charge >= 0.3 is 11.9 Å². The highest BCUT2D eigenvalue weighted by molar-refractivity contribution is 7.16. The number of carbonyl (C=O) groups is 3. The van der Waals surface area contributed by atoms with Crippen molar-refractivity contribution in [2.75, 3.05) is 5.73 Å². The maximum atomic E-state index is 12.1.